The molecule has 0 heterocycles. The molecule has 0 aromatic heterocycles. The van der Waals surface area contributed by atoms with Crippen LogP contribution in [0.1, 0.15) is 0 Å². The molecule has 100 valence electrons. The molecule has 1 atom stereocenters. The molecule has 2 nitrogen and oxygen atoms in total. The molecule has 1 N–H and O–H groups in total. The van der Waals surface area contributed by atoms with E-state index in [0.717, 1.165) is 18.2 Å². The van der Waals surface area contributed by atoms with E-state index in [1.54, 1.807) is 0 Å². The number of carbonyl (C=O) groups is 1. The van der Waals surface area contributed by atoms with Crippen molar-refractivity contribution in [1.82, 2.24) is 0 Å². The second-order valence-electron chi connectivity index (χ2n) is 3.39. The van der Waals surface area contributed by atoms with Crippen LogP contribution in [-0.2, 0) is 4.79 Å². The molecule has 1 aliphatic rings. The first-order valence-corrected chi connectivity index (χ1v) is 4.51. The Hall–Kier alpha value is -1.73. The van der Waals surface area contributed by atoms with Crippen molar-refractivity contribution in [3.8, 4) is 0 Å². The minimum atomic E-state index is -5.67. The van der Waals surface area contributed by atoms with Crippen molar-refractivity contribution in [2.45, 2.75) is 12.4 Å². The highest BCUT2D eigenvalue weighted by atomic mass is 19.4. The number of hydrogen-bond donors (Lipinski definition) is 1. The van der Waals surface area contributed by atoms with Crippen molar-refractivity contribution in [3.63, 3.8) is 0 Å². The van der Waals surface area contributed by atoms with Crippen molar-refractivity contribution >= 4 is 5.97 Å². The fourth-order valence-corrected chi connectivity index (χ4v) is 1.48. The number of carboxylic acid groups (broad SMARTS) is 1. The van der Waals surface area contributed by atoms with Gasteiger partial charge in [0, 0.05) is 0 Å². The standard InChI is InChI=1S/C10H6F6O2/c11-9(12,13)7(10(14,15)16)5-3-1-2-4-6(5)8(17)18/h1-4,6H,(H,17,18). The van der Waals surface area contributed by atoms with Crippen molar-refractivity contribution in [2.75, 3.05) is 0 Å². The van der Waals surface area contributed by atoms with Crippen LogP contribution in [-0.4, -0.2) is 23.4 Å². The van der Waals surface area contributed by atoms with Crippen molar-refractivity contribution in [3.05, 3.63) is 35.5 Å². The van der Waals surface area contributed by atoms with Gasteiger partial charge in [0.2, 0.25) is 0 Å². The van der Waals surface area contributed by atoms with Crippen LogP contribution < -0.4 is 0 Å². The van der Waals surface area contributed by atoms with Crippen LogP contribution >= 0.6 is 0 Å². The predicted molar refractivity (Wildman–Crippen MR) is 48.5 cm³/mol. The summed E-state index contributed by atoms with van der Waals surface area (Å²) in [4.78, 5) is 10.7. The third kappa shape index (κ3) is 2.93. The summed E-state index contributed by atoms with van der Waals surface area (Å²) in [6, 6.07) is 0. The summed E-state index contributed by atoms with van der Waals surface area (Å²) in [6.45, 7) is 0. The zero-order chi connectivity index (χ0) is 14.1. The van der Waals surface area contributed by atoms with Gasteiger partial charge in [-0.05, 0) is 5.57 Å². The fourth-order valence-electron chi connectivity index (χ4n) is 1.48. The fraction of sp³-hybridized carbons (Fsp3) is 0.300. The van der Waals surface area contributed by atoms with E-state index in [1.165, 1.54) is 0 Å². The number of aliphatic carboxylic acids is 1. The second kappa shape index (κ2) is 4.51. The maximum absolute atomic E-state index is 12.4. The summed E-state index contributed by atoms with van der Waals surface area (Å²) in [5.41, 5.74) is -4.10. The van der Waals surface area contributed by atoms with Gasteiger partial charge < -0.3 is 5.11 Å². The lowest BCUT2D eigenvalue weighted by Gasteiger charge is -2.22. The van der Waals surface area contributed by atoms with Crippen LogP contribution in [0.15, 0.2) is 35.5 Å². The molecule has 0 aromatic carbocycles. The molecule has 0 amide bonds. The first-order chi connectivity index (χ1) is 8.05. The van der Waals surface area contributed by atoms with E-state index >= 15 is 0 Å². The monoisotopic (exact) mass is 272 g/mol. The lowest BCUT2D eigenvalue weighted by molar-refractivity contribution is -0.173. The van der Waals surface area contributed by atoms with Gasteiger partial charge >= 0.3 is 18.3 Å². The Bertz CT molecular complexity index is 422. The largest absolute Gasteiger partial charge is 0.481 e. The van der Waals surface area contributed by atoms with Gasteiger partial charge in [-0.3, -0.25) is 4.79 Å². The molecular weight excluding hydrogens is 266 g/mol. The number of carboxylic acids is 1. The first-order valence-electron chi connectivity index (χ1n) is 4.51. The van der Waals surface area contributed by atoms with Crippen LogP contribution in [0.4, 0.5) is 26.3 Å². The Kier molecular flexibility index (Phi) is 3.59. The molecule has 1 aliphatic carbocycles. The normalized spacial score (nSPS) is 20.1. The first kappa shape index (κ1) is 14.3. The molecule has 0 bridgehead atoms. The zero-order valence-electron chi connectivity index (χ0n) is 8.51. The smallest absolute Gasteiger partial charge is 0.421 e. The molecule has 1 rings (SSSR count). The van der Waals surface area contributed by atoms with Crippen molar-refractivity contribution in [1.29, 1.82) is 0 Å². The van der Waals surface area contributed by atoms with E-state index in [1.807, 2.05) is 0 Å². The van der Waals surface area contributed by atoms with Gasteiger partial charge in [-0.25, -0.2) is 0 Å². The summed E-state index contributed by atoms with van der Waals surface area (Å²) < 4.78 is 74.5. The van der Waals surface area contributed by atoms with Crippen LogP contribution in [0.3, 0.4) is 0 Å². The molecule has 0 saturated carbocycles. The zero-order valence-corrected chi connectivity index (χ0v) is 8.51. The Morgan fingerprint density at radius 1 is 1.06 bits per heavy atom. The number of allylic oxidation sites excluding steroid dienone is 4. The van der Waals surface area contributed by atoms with Crippen LogP contribution in [0.25, 0.3) is 0 Å². The summed E-state index contributed by atoms with van der Waals surface area (Å²) in [5.74, 6) is -3.75. The van der Waals surface area contributed by atoms with Gasteiger partial charge in [0.15, 0.2) is 0 Å². The minimum absolute atomic E-state index is 0.509. The number of alkyl halides is 6. The van der Waals surface area contributed by atoms with Crippen molar-refractivity contribution in [2.24, 2.45) is 5.92 Å². The lowest BCUT2D eigenvalue weighted by atomic mass is 9.90. The quantitative estimate of drug-likeness (QED) is 0.744. The minimum Gasteiger partial charge on any atom is -0.481 e. The van der Waals surface area contributed by atoms with Gasteiger partial charge in [-0.1, -0.05) is 24.3 Å². The summed E-state index contributed by atoms with van der Waals surface area (Å²) >= 11 is 0. The number of halogens is 6. The molecule has 8 heteroatoms. The van der Waals surface area contributed by atoms with E-state index < -0.39 is 35.4 Å². The highest BCUT2D eigenvalue weighted by Crippen LogP contribution is 2.43. The SMILES string of the molecule is O=C(O)C1C=CC=CC1=C(C(F)(F)F)C(F)(F)F. The maximum atomic E-state index is 12.4. The van der Waals surface area contributed by atoms with Gasteiger partial charge in [-0.15, -0.1) is 0 Å². The highest BCUT2D eigenvalue weighted by molar-refractivity contribution is 5.78. The van der Waals surface area contributed by atoms with Gasteiger partial charge in [0.05, 0.1) is 0 Å². The maximum Gasteiger partial charge on any atom is 0.421 e. The number of rotatable bonds is 1. The average Bonchev–Trinajstić information content (AvgIpc) is 2.13. The summed E-state index contributed by atoms with van der Waals surface area (Å²) in [5, 5.41) is 8.64. The van der Waals surface area contributed by atoms with Crippen molar-refractivity contribution < 1.29 is 36.2 Å². The van der Waals surface area contributed by atoms with Gasteiger partial charge in [0.25, 0.3) is 0 Å². The molecule has 0 radical (unpaired) electrons. The van der Waals surface area contributed by atoms with E-state index in [4.69, 9.17) is 5.11 Å². The summed E-state index contributed by atoms with van der Waals surface area (Å²) in [6.07, 6.45) is -8.07. The Balaban J connectivity index is 3.49. The molecule has 0 aliphatic heterocycles. The average molecular weight is 272 g/mol. The predicted octanol–water partition coefficient (Wildman–Crippen LogP) is 3.23. The van der Waals surface area contributed by atoms with Crippen LogP contribution in [0.5, 0.6) is 0 Å². The molecule has 0 fully saturated rings. The topological polar surface area (TPSA) is 37.3 Å². The van der Waals surface area contributed by atoms with E-state index in [9.17, 15) is 31.1 Å². The molecule has 0 spiro atoms. The number of hydrogen-bond acceptors (Lipinski definition) is 1. The van der Waals surface area contributed by atoms with E-state index in [0.29, 0.717) is 6.08 Å². The summed E-state index contributed by atoms with van der Waals surface area (Å²) in [7, 11) is 0. The molecule has 1 unspecified atom stereocenters. The van der Waals surface area contributed by atoms with Gasteiger partial charge in [0.1, 0.15) is 11.5 Å². The Morgan fingerprint density at radius 2 is 1.56 bits per heavy atom. The van der Waals surface area contributed by atoms with E-state index in [2.05, 4.69) is 0 Å². The lowest BCUT2D eigenvalue weighted by Crippen LogP contribution is -2.31. The van der Waals surface area contributed by atoms with Crippen LogP contribution in [0, 0.1) is 5.92 Å². The Labute approximate surface area is 96.9 Å². The van der Waals surface area contributed by atoms with Gasteiger partial charge in [-0.2, -0.15) is 26.3 Å². The highest BCUT2D eigenvalue weighted by Gasteiger charge is 2.53. The molecule has 0 aromatic rings. The third-order valence-electron chi connectivity index (χ3n) is 2.15. The van der Waals surface area contributed by atoms with Crippen LogP contribution in [0.2, 0.25) is 0 Å². The molecule has 18 heavy (non-hydrogen) atoms. The Morgan fingerprint density at radius 3 is 1.94 bits per heavy atom. The third-order valence-corrected chi connectivity index (χ3v) is 2.15. The van der Waals surface area contributed by atoms with E-state index in [-0.39, 0.29) is 0 Å². The molecular formula is C10H6F6O2. The second-order valence-corrected chi connectivity index (χ2v) is 3.39. The molecule has 0 saturated heterocycles.